The first-order valence-corrected chi connectivity index (χ1v) is 10.8. The molecular weight excluding hydrogens is 382 g/mol. The second-order valence-electron chi connectivity index (χ2n) is 6.80. The number of carbonyl (C=O) groups is 1. The maximum absolute atomic E-state index is 12.4. The summed E-state index contributed by atoms with van der Waals surface area (Å²) in [6.07, 6.45) is 1.14. The number of benzene rings is 1. The van der Waals surface area contributed by atoms with E-state index in [2.05, 4.69) is 15.3 Å². The third-order valence-electron chi connectivity index (χ3n) is 4.23. The van der Waals surface area contributed by atoms with Gasteiger partial charge in [0.2, 0.25) is 0 Å². The maximum atomic E-state index is 12.4. The average Bonchev–Trinajstić information content (AvgIpc) is 2.60. The van der Waals surface area contributed by atoms with E-state index < -0.39 is 9.84 Å². The highest BCUT2D eigenvalue weighted by Crippen LogP contribution is 2.21. The van der Waals surface area contributed by atoms with Crippen LogP contribution in [0.25, 0.3) is 11.4 Å². The van der Waals surface area contributed by atoms with Gasteiger partial charge in [0, 0.05) is 30.1 Å². The van der Waals surface area contributed by atoms with Gasteiger partial charge in [0.1, 0.15) is 5.82 Å². The van der Waals surface area contributed by atoms with Crippen molar-refractivity contribution in [2.45, 2.75) is 18.7 Å². The Balaban J connectivity index is 1.74. The summed E-state index contributed by atoms with van der Waals surface area (Å²) in [5.41, 5.74) is 7.42. The molecule has 9 nitrogen and oxygen atoms in total. The van der Waals surface area contributed by atoms with Gasteiger partial charge in [-0.3, -0.25) is 0 Å². The van der Waals surface area contributed by atoms with Gasteiger partial charge in [0.05, 0.1) is 30.7 Å². The summed E-state index contributed by atoms with van der Waals surface area (Å²) in [6.45, 7) is 3.53. The summed E-state index contributed by atoms with van der Waals surface area (Å²) in [4.78, 5) is 22.6. The first-order valence-electron chi connectivity index (χ1n) is 8.78. The molecule has 1 aliphatic heterocycles. The lowest BCUT2D eigenvalue weighted by atomic mass is 10.2. The van der Waals surface area contributed by atoms with Crippen molar-refractivity contribution in [3.05, 3.63) is 36.0 Å². The number of nitrogens with zero attached hydrogens (tertiary/aromatic N) is 3. The van der Waals surface area contributed by atoms with E-state index >= 15 is 0 Å². The van der Waals surface area contributed by atoms with Crippen LogP contribution in [-0.4, -0.2) is 61.4 Å². The minimum absolute atomic E-state index is 0.0157. The van der Waals surface area contributed by atoms with Crippen molar-refractivity contribution < 1.29 is 17.9 Å². The molecule has 0 bridgehead atoms. The number of rotatable bonds is 4. The second-order valence-corrected chi connectivity index (χ2v) is 8.94. The van der Waals surface area contributed by atoms with Gasteiger partial charge in [-0.1, -0.05) is 0 Å². The number of nitrogen functional groups attached to an aromatic ring is 1. The number of morpholine rings is 1. The molecule has 0 saturated carbocycles. The predicted octanol–water partition coefficient (Wildman–Crippen LogP) is 1.52. The Bertz CT molecular complexity index is 962. The van der Waals surface area contributed by atoms with Crippen molar-refractivity contribution in [1.29, 1.82) is 0 Å². The molecule has 1 aromatic carbocycles. The molecule has 0 aliphatic carbocycles. The number of nitrogens with two attached hydrogens (primary N) is 1. The van der Waals surface area contributed by atoms with Crippen LogP contribution in [0.15, 0.2) is 30.3 Å². The number of aromatic nitrogens is 2. The van der Waals surface area contributed by atoms with Crippen LogP contribution in [0.1, 0.15) is 12.6 Å². The summed E-state index contributed by atoms with van der Waals surface area (Å²) in [7, 11) is -3.24. The first kappa shape index (κ1) is 20.0. The molecule has 3 N–H and O–H groups in total. The summed E-state index contributed by atoms with van der Waals surface area (Å²) >= 11 is 0. The number of amides is 2. The molecule has 2 amide bonds. The highest BCUT2D eigenvalue weighted by Gasteiger charge is 2.23. The van der Waals surface area contributed by atoms with Crippen LogP contribution in [0.3, 0.4) is 0 Å². The Kier molecular flexibility index (Phi) is 5.80. The molecule has 0 radical (unpaired) electrons. The summed E-state index contributed by atoms with van der Waals surface area (Å²) < 4.78 is 28.4. The molecule has 1 aliphatic rings. The predicted molar refractivity (Wildman–Crippen MR) is 106 cm³/mol. The summed E-state index contributed by atoms with van der Waals surface area (Å²) in [5, 5.41) is 2.86. The zero-order chi connectivity index (χ0) is 20.3. The standard InChI is InChI=1S/C18H23N5O4S/c1-12-10-27-8-7-23(12)18(24)21-14-5-3-13(4-6-14)17-20-15(9-16(19)22-17)11-28(2,25)26/h3-6,9,12H,7-8,10-11H2,1-2H3,(H,21,24)(H2,19,20,22)/t12-/m0/s1. The van der Waals surface area contributed by atoms with Gasteiger partial charge in [-0.2, -0.15) is 0 Å². The fourth-order valence-corrected chi connectivity index (χ4v) is 3.60. The minimum Gasteiger partial charge on any atom is -0.384 e. The monoisotopic (exact) mass is 405 g/mol. The number of urea groups is 1. The van der Waals surface area contributed by atoms with E-state index in [0.29, 0.717) is 42.5 Å². The minimum atomic E-state index is -3.24. The third kappa shape index (κ3) is 5.17. The number of hydrogen-bond donors (Lipinski definition) is 2. The highest BCUT2D eigenvalue weighted by atomic mass is 32.2. The lowest BCUT2D eigenvalue weighted by Gasteiger charge is -2.33. The van der Waals surface area contributed by atoms with Gasteiger partial charge in [-0.15, -0.1) is 0 Å². The largest absolute Gasteiger partial charge is 0.384 e. The molecule has 1 atom stereocenters. The van der Waals surface area contributed by atoms with Crippen molar-refractivity contribution in [3.8, 4) is 11.4 Å². The van der Waals surface area contributed by atoms with E-state index in [1.54, 1.807) is 29.2 Å². The lowest BCUT2D eigenvalue weighted by Crippen LogP contribution is -2.48. The van der Waals surface area contributed by atoms with Crippen molar-refractivity contribution in [3.63, 3.8) is 0 Å². The Labute approximate surface area is 163 Å². The number of sulfone groups is 1. The van der Waals surface area contributed by atoms with E-state index in [4.69, 9.17) is 10.5 Å². The van der Waals surface area contributed by atoms with E-state index in [1.165, 1.54) is 6.07 Å². The first-order chi connectivity index (χ1) is 13.2. The fourth-order valence-electron chi connectivity index (χ4n) is 2.92. The molecule has 0 unspecified atom stereocenters. The van der Waals surface area contributed by atoms with Gasteiger partial charge in [-0.25, -0.2) is 23.2 Å². The lowest BCUT2D eigenvalue weighted by molar-refractivity contribution is 0.0222. The Morgan fingerprint density at radius 1 is 1.32 bits per heavy atom. The zero-order valence-electron chi connectivity index (χ0n) is 15.8. The molecule has 28 heavy (non-hydrogen) atoms. The van der Waals surface area contributed by atoms with Crippen molar-refractivity contribution >= 4 is 27.4 Å². The molecule has 3 rings (SSSR count). The molecule has 1 aromatic heterocycles. The molecule has 2 heterocycles. The molecule has 1 saturated heterocycles. The van der Waals surface area contributed by atoms with Gasteiger partial charge >= 0.3 is 6.03 Å². The van der Waals surface area contributed by atoms with Crippen LogP contribution >= 0.6 is 0 Å². The smallest absolute Gasteiger partial charge is 0.322 e. The fraction of sp³-hybridized carbons (Fsp3) is 0.389. The highest BCUT2D eigenvalue weighted by molar-refractivity contribution is 7.89. The van der Waals surface area contributed by atoms with E-state index in [9.17, 15) is 13.2 Å². The number of carbonyl (C=O) groups excluding carboxylic acids is 1. The maximum Gasteiger partial charge on any atom is 0.322 e. The van der Waals surface area contributed by atoms with Crippen molar-refractivity contribution in [2.75, 3.05) is 37.1 Å². The van der Waals surface area contributed by atoms with Crippen molar-refractivity contribution in [2.24, 2.45) is 0 Å². The summed E-state index contributed by atoms with van der Waals surface area (Å²) in [6, 6.07) is 8.25. The molecule has 2 aromatic rings. The van der Waals surface area contributed by atoms with Crippen LogP contribution in [-0.2, 0) is 20.3 Å². The normalized spacial score (nSPS) is 17.4. The molecule has 10 heteroatoms. The van der Waals surface area contributed by atoms with E-state index in [-0.39, 0.29) is 23.6 Å². The average molecular weight is 405 g/mol. The Morgan fingerprint density at radius 3 is 2.68 bits per heavy atom. The second kappa shape index (κ2) is 8.11. The molecule has 150 valence electrons. The van der Waals surface area contributed by atoms with Gasteiger partial charge in [-0.05, 0) is 31.2 Å². The number of anilines is 2. The van der Waals surface area contributed by atoms with Gasteiger partial charge < -0.3 is 20.7 Å². The third-order valence-corrected chi connectivity index (χ3v) is 5.05. The van der Waals surface area contributed by atoms with Crippen LogP contribution in [0, 0.1) is 0 Å². The van der Waals surface area contributed by atoms with Gasteiger partial charge in [0.15, 0.2) is 15.7 Å². The quantitative estimate of drug-likeness (QED) is 0.789. The van der Waals surface area contributed by atoms with E-state index in [1.807, 2.05) is 6.92 Å². The van der Waals surface area contributed by atoms with Crippen LogP contribution in [0.5, 0.6) is 0 Å². The molecule has 1 fully saturated rings. The van der Waals surface area contributed by atoms with Crippen LogP contribution in [0.4, 0.5) is 16.3 Å². The number of hydrogen-bond acceptors (Lipinski definition) is 7. The number of nitrogens with one attached hydrogen (secondary N) is 1. The molecular formula is C18H23N5O4S. The van der Waals surface area contributed by atoms with Crippen LogP contribution in [0.2, 0.25) is 0 Å². The molecule has 0 spiro atoms. The van der Waals surface area contributed by atoms with Crippen molar-refractivity contribution in [1.82, 2.24) is 14.9 Å². The zero-order valence-corrected chi connectivity index (χ0v) is 16.6. The number of ether oxygens (including phenoxy) is 1. The topological polar surface area (TPSA) is 128 Å². The van der Waals surface area contributed by atoms with Gasteiger partial charge in [0.25, 0.3) is 0 Å². The van der Waals surface area contributed by atoms with E-state index in [0.717, 1.165) is 6.26 Å². The Morgan fingerprint density at radius 2 is 2.04 bits per heavy atom. The summed E-state index contributed by atoms with van der Waals surface area (Å²) in [5.74, 6) is 0.319. The SMILES string of the molecule is C[C@H]1COCCN1C(=O)Nc1ccc(-c2nc(N)cc(CS(C)(=O)=O)n2)cc1. The van der Waals surface area contributed by atoms with Crippen LogP contribution < -0.4 is 11.1 Å². The Hall–Kier alpha value is -2.72.